The number of nitrogens with zero attached hydrogens (tertiary/aromatic N) is 2. The molecule has 4 nitrogen and oxygen atoms in total. The normalized spacial score (nSPS) is 38.6. The van der Waals surface area contributed by atoms with Crippen LogP contribution in [0.25, 0.3) is 6.08 Å². The highest BCUT2D eigenvalue weighted by Crippen LogP contribution is 2.62. The van der Waals surface area contributed by atoms with Crippen molar-refractivity contribution < 1.29 is 9.69 Å². The maximum absolute atomic E-state index is 15.0. The van der Waals surface area contributed by atoms with Gasteiger partial charge in [-0.25, -0.2) is 0 Å². The number of Topliss-reactive ketones (excluding diaryl/α,β-unsaturated/α-hetero) is 1. The van der Waals surface area contributed by atoms with Crippen LogP contribution in [0.5, 0.6) is 0 Å². The van der Waals surface area contributed by atoms with E-state index in [0.717, 1.165) is 44.4 Å². The molecule has 0 spiro atoms. The van der Waals surface area contributed by atoms with Crippen molar-refractivity contribution in [2.45, 2.75) is 56.5 Å². The minimum absolute atomic E-state index is 0.290. The monoisotopic (exact) mass is 586 g/mol. The van der Waals surface area contributed by atoms with Crippen LogP contribution in [0, 0.1) is 54.8 Å². The summed E-state index contributed by atoms with van der Waals surface area (Å²) in [5, 5.41) is 21.6. The molecule has 6 aliphatic rings. The quantitative estimate of drug-likeness (QED) is 0.504. The molecule has 180 valence electrons. The molecule has 1 N–H and O–H groups in total. The predicted octanol–water partition coefficient (Wildman–Crippen LogP) is 5.19. The topological polar surface area (TPSA) is 69.1 Å². The summed E-state index contributed by atoms with van der Waals surface area (Å²) in [6.07, 6.45) is 11.0. The van der Waals surface area contributed by atoms with Crippen molar-refractivity contribution in [2.75, 3.05) is 0 Å². The molecule has 5 heteroatoms. The minimum Gasteiger partial charge on any atom is -0.292 e. The number of hydrogen-bond donors (Lipinski definition) is 1. The van der Waals surface area contributed by atoms with Gasteiger partial charge in [0, 0.05) is 14.5 Å². The van der Waals surface area contributed by atoms with E-state index in [4.69, 9.17) is 0 Å². The van der Waals surface area contributed by atoms with Crippen LogP contribution in [-0.4, -0.2) is 11.8 Å². The highest BCUT2D eigenvalue weighted by atomic mass is 127. The number of carbonyl (C=O) groups excluding carboxylic acids is 1. The van der Waals surface area contributed by atoms with Gasteiger partial charge in [0.1, 0.15) is 0 Å². The highest BCUT2D eigenvalue weighted by Gasteiger charge is 2.70. The second kappa shape index (κ2) is 8.01. The lowest BCUT2D eigenvalue weighted by Crippen LogP contribution is -3.12. The van der Waals surface area contributed by atoms with Crippen molar-refractivity contribution in [2.24, 2.45) is 28.6 Å². The molecule has 2 aliphatic heterocycles. The minimum atomic E-state index is -1.33. The van der Waals surface area contributed by atoms with Gasteiger partial charge in [-0.3, -0.25) is 9.69 Å². The zero-order valence-electron chi connectivity index (χ0n) is 20.2. The fourth-order valence-corrected chi connectivity index (χ4v) is 10.0. The molecule has 0 aromatic heterocycles. The van der Waals surface area contributed by atoms with Gasteiger partial charge in [0.2, 0.25) is 5.41 Å². The first-order valence-electron chi connectivity index (χ1n) is 13.2. The fraction of sp³-hybridized carbons (Fsp3) is 0.452. The zero-order valence-corrected chi connectivity index (χ0v) is 22.3. The number of nitrogens with one attached hydrogen (secondary N) is 1. The Bertz CT molecular complexity index is 1330. The number of halogens is 1. The van der Waals surface area contributed by atoms with Gasteiger partial charge in [0.15, 0.2) is 17.9 Å². The van der Waals surface area contributed by atoms with E-state index >= 15 is 4.79 Å². The second-order valence-corrected chi connectivity index (χ2v) is 13.2. The lowest BCUT2D eigenvalue weighted by molar-refractivity contribution is -0.886. The Kier molecular flexibility index (Phi) is 5.05. The van der Waals surface area contributed by atoms with Crippen molar-refractivity contribution in [3.8, 4) is 12.1 Å². The standard InChI is InChI=1S/C31H28IN3O/c32-25-8-4-3-7-24(25)26-27(29(36)30-14-19-11-20(15-30)13-21(12-19)16-30)35-10-9-22-5-1-2-6-23(22)28(35)31(26,17-33)18-34/h1-10,19-21,26-28H,11-16H2/p+1/t19?,20?,21?,26-,27+,28-,30?/m0/s1. The SMILES string of the molecule is N#CC1(C#N)[C@@H]2c3ccccc3C=C[NH+]2[C@@H](C(=O)C23CC4CC(CC(C4)C2)C3)[C@@H]1c1ccccc1I. The molecule has 8 rings (SSSR count). The first kappa shape index (κ1) is 22.7. The zero-order chi connectivity index (χ0) is 24.7. The summed E-state index contributed by atoms with van der Waals surface area (Å²) in [7, 11) is 0. The maximum Gasteiger partial charge on any atom is 0.212 e. The molecule has 2 aromatic carbocycles. The largest absolute Gasteiger partial charge is 0.292 e. The van der Waals surface area contributed by atoms with E-state index in [1.807, 2.05) is 36.4 Å². The summed E-state index contributed by atoms with van der Waals surface area (Å²) in [4.78, 5) is 16.0. The van der Waals surface area contributed by atoms with Crippen LogP contribution in [0.3, 0.4) is 0 Å². The van der Waals surface area contributed by atoms with Crippen LogP contribution in [0.2, 0.25) is 0 Å². The highest BCUT2D eigenvalue weighted by molar-refractivity contribution is 14.1. The summed E-state index contributed by atoms with van der Waals surface area (Å²) >= 11 is 2.32. The third-order valence-electron chi connectivity index (χ3n) is 10.2. The van der Waals surface area contributed by atoms with Crippen molar-refractivity contribution >= 4 is 34.5 Å². The second-order valence-electron chi connectivity index (χ2n) is 12.0. The van der Waals surface area contributed by atoms with E-state index in [-0.39, 0.29) is 5.41 Å². The number of hydrogen-bond acceptors (Lipinski definition) is 3. The Hall–Kier alpha value is -2.48. The number of fused-ring (bicyclic) bond motifs is 3. The smallest absolute Gasteiger partial charge is 0.212 e. The van der Waals surface area contributed by atoms with E-state index in [1.165, 1.54) is 19.3 Å². The van der Waals surface area contributed by atoms with E-state index in [1.54, 1.807) is 0 Å². The number of quaternary nitrogens is 1. The molecule has 0 radical (unpaired) electrons. The van der Waals surface area contributed by atoms with Gasteiger partial charge >= 0.3 is 0 Å². The lowest BCUT2D eigenvalue weighted by Gasteiger charge is -2.56. The molecular weight excluding hydrogens is 557 g/mol. The number of nitriles is 2. The van der Waals surface area contributed by atoms with Gasteiger partial charge in [-0.2, -0.15) is 10.5 Å². The number of rotatable bonds is 3. The molecule has 2 heterocycles. The van der Waals surface area contributed by atoms with Crippen molar-refractivity contribution in [1.82, 2.24) is 0 Å². The predicted molar refractivity (Wildman–Crippen MR) is 144 cm³/mol. The van der Waals surface area contributed by atoms with Crippen LogP contribution < -0.4 is 4.90 Å². The average molecular weight is 586 g/mol. The molecule has 1 saturated heterocycles. The third-order valence-corrected chi connectivity index (χ3v) is 11.2. The van der Waals surface area contributed by atoms with Crippen LogP contribution in [0.1, 0.15) is 67.2 Å². The van der Waals surface area contributed by atoms with Crippen molar-refractivity contribution in [3.05, 3.63) is 75.0 Å². The maximum atomic E-state index is 15.0. The Balaban J connectivity index is 1.44. The van der Waals surface area contributed by atoms with Gasteiger partial charge in [-0.15, -0.1) is 0 Å². The summed E-state index contributed by atoms with van der Waals surface area (Å²) in [5.41, 5.74) is 1.40. The number of benzene rings is 2. The van der Waals surface area contributed by atoms with Crippen LogP contribution in [0.4, 0.5) is 0 Å². The molecule has 2 aromatic rings. The molecule has 5 fully saturated rings. The first-order chi connectivity index (χ1) is 17.5. The molecular formula is C31H29IN3O+. The van der Waals surface area contributed by atoms with E-state index in [0.29, 0.717) is 23.5 Å². The van der Waals surface area contributed by atoms with Gasteiger partial charge in [0.05, 0.1) is 24.3 Å². The Morgan fingerprint density at radius 2 is 1.47 bits per heavy atom. The molecule has 4 bridgehead atoms. The van der Waals surface area contributed by atoms with Crippen LogP contribution >= 0.6 is 22.6 Å². The molecule has 4 aliphatic carbocycles. The van der Waals surface area contributed by atoms with Gasteiger partial charge in [0.25, 0.3) is 0 Å². The van der Waals surface area contributed by atoms with Gasteiger partial charge in [-0.05, 0) is 102 Å². The molecule has 36 heavy (non-hydrogen) atoms. The van der Waals surface area contributed by atoms with Crippen molar-refractivity contribution in [1.29, 1.82) is 10.5 Å². The fourth-order valence-electron chi connectivity index (χ4n) is 9.30. The number of carbonyl (C=O) groups is 1. The molecule has 0 amide bonds. The Morgan fingerprint density at radius 1 is 0.889 bits per heavy atom. The van der Waals surface area contributed by atoms with Crippen molar-refractivity contribution in [3.63, 3.8) is 0 Å². The number of ketones is 1. The Labute approximate surface area is 226 Å². The summed E-state index contributed by atoms with van der Waals surface area (Å²) < 4.78 is 1.02. The van der Waals surface area contributed by atoms with Gasteiger partial charge < -0.3 is 0 Å². The molecule has 1 unspecified atom stereocenters. The van der Waals surface area contributed by atoms with E-state index < -0.39 is 23.4 Å². The van der Waals surface area contributed by atoms with Crippen LogP contribution in [0.15, 0.2) is 54.7 Å². The summed E-state index contributed by atoms with van der Waals surface area (Å²) in [6, 6.07) is 20.4. The average Bonchev–Trinajstić information content (AvgIpc) is 3.18. The summed E-state index contributed by atoms with van der Waals surface area (Å²) in [6.45, 7) is 0. The lowest BCUT2D eigenvalue weighted by atomic mass is 9.47. The Morgan fingerprint density at radius 3 is 2.08 bits per heavy atom. The first-order valence-corrected chi connectivity index (χ1v) is 14.3. The van der Waals surface area contributed by atoms with E-state index in [9.17, 15) is 10.5 Å². The molecule has 4 saturated carbocycles. The third kappa shape index (κ3) is 2.96. The summed E-state index contributed by atoms with van der Waals surface area (Å²) in [5.74, 6) is 1.84. The van der Waals surface area contributed by atoms with Gasteiger partial charge in [-0.1, -0.05) is 42.5 Å². The molecule has 4 atom stereocenters. The van der Waals surface area contributed by atoms with Crippen LogP contribution in [-0.2, 0) is 4.79 Å². The van der Waals surface area contributed by atoms with E-state index in [2.05, 4.69) is 59.1 Å².